The van der Waals surface area contributed by atoms with E-state index in [1.807, 2.05) is 0 Å². The van der Waals surface area contributed by atoms with Crippen LogP contribution < -0.4 is 20.4 Å². The molecule has 0 atom stereocenters. The Morgan fingerprint density at radius 2 is 0.643 bits per heavy atom. The largest absolute Gasteiger partial charge is 4.00 e. The molecule has 0 rings (SSSR count). The van der Waals surface area contributed by atoms with Crippen molar-refractivity contribution in [3.8, 4) is 0 Å². The summed E-state index contributed by atoms with van der Waals surface area (Å²) in [6, 6.07) is 0. The summed E-state index contributed by atoms with van der Waals surface area (Å²) in [5.41, 5.74) is 0. The first-order valence-electron chi connectivity index (χ1n) is 3.98. The molecule has 14 heavy (non-hydrogen) atoms. The van der Waals surface area contributed by atoms with E-state index in [0.29, 0.717) is 0 Å². The van der Waals surface area contributed by atoms with Gasteiger partial charge in [-0.2, -0.15) is 0 Å². The molecule has 0 saturated heterocycles. The van der Waals surface area contributed by atoms with Crippen LogP contribution in [0.15, 0.2) is 0 Å². The maximum Gasteiger partial charge on any atom is 4.00 e. The van der Waals surface area contributed by atoms with Crippen molar-refractivity contribution < 1.29 is 49.5 Å². The van der Waals surface area contributed by atoms with Gasteiger partial charge >= 0.3 is 49.3 Å². The Labute approximate surface area is 126 Å². The molecule has 84 valence electrons. The number of rotatable bonds is 0. The summed E-state index contributed by atoms with van der Waals surface area (Å²) in [7, 11) is 0. The van der Waals surface area contributed by atoms with Gasteiger partial charge in [-0.25, -0.2) is 0 Å². The van der Waals surface area contributed by atoms with Gasteiger partial charge < -0.3 is 23.3 Å². The minimum Gasteiger partial charge on any atom is -1.00 e. The van der Waals surface area contributed by atoms with E-state index in [1.54, 1.807) is 27.7 Å². The summed E-state index contributed by atoms with van der Waals surface area (Å²) in [5, 5.41) is 35.7. The second-order valence-electron chi connectivity index (χ2n) is 1.15. The Hall–Kier alpha value is 1.49. The minimum atomic E-state index is 0. The third-order valence-corrected chi connectivity index (χ3v) is 0. The fraction of sp³-hybridized carbons (Fsp3) is 1.00. The molecule has 0 fully saturated rings. The van der Waals surface area contributed by atoms with Crippen LogP contribution in [0.4, 0.5) is 0 Å². The van der Waals surface area contributed by atoms with E-state index >= 15 is 0 Å². The molecule has 0 N–H and O–H groups in total. The van der Waals surface area contributed by atoms with Crippen LogP contribution in [-0.2, 0) is 26.2 Å². The predicted molar refractivity (Wildman–Crippen MR) is 50.1 cm³/mol. The van der Waals surface area contributed by atoms with Crippen molar-refractivity contribution in [1.29, 1.82) is 0 Å². The van der Waals surface area contributed by atoms with Crippen molar-refractivity contribution in [2.45, 2.75) is 27.7 Å². The Balaban J connectivity index is -0.00000000821. The van der Waals surface area contributed by atoms with E-state index in [-0.39, 0.29) is 78.5 Å². The standard InChI is InChI=1S/4C2H5O.Mg.Zr.2H/c4*1-2-3;;;;/h4*2H2,1H3;;;;/q4*-1;+2;+4;2*-1. The maximum atomic E-state index is 8.93. The van der Waals surface area contributed by atoms with Crippen LogP contribution in [0.5, 0.6) is 0 Å². The van der Waals surface area contributed by atoms with Gasteiger partial charge in [-0.1, -0.05) is 27.7 Å². The maximum absolute atomic E-state index is 8.93. The average Bonchev–Trinajstić information content (AvgIpc) is 1.92. The van der Waals surface area contributed by atoms with Gasteiger partial charge in [-0.3, -0.25) is 0 Å². The van der Waals surface area contributed by atoms with E-state index in [2.05, 4.69) is 0 Å². The Morgan fingerprint density at radius 3 is 0.643 bits per heavy atom. The quantitative estimate of drug-likeness (QED) is 0.455. The SMILES string of the molecule is CC[O-].CC[O-].CC[O-].CC[O-].[H-].[H-].[Mg+2].[Zr+4]. The molecule has 0 aromatic heterocycles. The van der Waals surface area contributed by atoms with Crippen molar-refractivity contribution in [1.82, 2.24) is 0 Å². The van der Waals surface area contributed by atoms with Crippen molar-refractivity contribution >= 4 is 23.1 Å². The molecule has 0 aliphatic carbocycles. The van der Waals surface area contributed by atoms with Crippen molar-refractivity contribution in [3.63, 3.8) is 0 Å². The fourth-order valence-electron chi connectivity index (χ4n) is 0. The van der Waals surface area contributed by atoms with Gasteiger partial charge in [0.2, 0.25) is 0 Å². The molecule has 0 saturated carbocycles. The van der Waals surface area contributed by atoms with E-state index < -0.39 is 0 Å². The molecule has 0 spiro atoms. The van der Waals surface area contributed by atoms with Gasteiger partial charge in [0.25, 0.3) is 0 Å². The third kappa shape index (κ3) is 949. The van der Waals surface area contributed by atoms with Crippen LogP contribution in [0.2, 0.25) is 0 Å². The molecule has 0 aromatic carbocycles. The van der Waals surface area contributed by atoms with E-state index in [1.165, 1.54) is 0 Å². The van der Waals surface area contributed by atoms with Crippen molar-refractivity contribution in [2.75, 3.05) is 26.4 Å². The smallest absolute Gasteiger partial charge is 1.00 e. The first kappa shape index (κ1) is 36.1. The first-order chi connectivity index (χ1) is 5.66. The molecule has 4 nitrogen and oxygen atoms in total. The monoisotopic (exact) mass is 296 g/mol. The molecule has 0 amide bonds. The minimum absolute atomic E-state index is 0. The van der Waals surface area contributed by atoms with Crippen molar-refractivity contribution in [3.05, 3.63) is 0 Å². The fourth-order valence-corrected chi connectivity index (χ4v) is 0. The Kier molecular flexibility index (Phi) is 226. The summed E-state index contributed by atoms with van der Waals surface area (Å²) in [5.74, 6) is 0. The molecule has 0 aliphatic rings. The summed E-state index contributed by atoms with van der Waals surface area (Å²) < 4.78 is 0. The van der Waals surface area contributed by atoms with Gasteiger partial charge in [-0.05, 0) is 0 Å². The molecule has 0 aliphatic heterocycles. The molecule has 6 heteroatoms. The zero-order valence-electron chi connectivity index (χ0n) is 11.7. The summed E-state index contributed by atoms with van der Waals surface area (Å²) in [6.45, 7) is 6.28. The first-order valence-corrected chi connectivity index (χ1v) is 3.98. The van der Waals surface area contributed by atoms with Crippen molar-refractivity contribution in [2.24, 2.45) is 0 Å². The van der Waals surface area contributed by atoms with Gasteiger partial charge in [0.15, 0.2) is 0 Å². The zero-order valence-corrected chi connectivity index (χ0v) is 13.5. The van der Waals surface area contributed by atoms with Gasteiger partial charge in [0.05, 0.1) is 0 Å². The van der Waals surface area contributed by atoms with Crippen LogP contribution in [0.3, 0.4) is 0 Å². The van der Waals surface area contributed by atoms with Crippen LogP contribution >= 0.6 is 0 Å². The van der Waals surface area contributed by atoms with Gasteiger partial charge in [-0.15, -0.1) is 26.4 Å². The van der Waals surface area contributed by atoms with E-state index in [4.69, 9.17) is 20.4 Å². The zero-order chi connectivity index (χ0) is 10.8. The second-order valence-corrected chi connectivity index (χ2v) is 1.15. The van der Waals surface area contributed by atoms with Crippen LogP contribution in [0.25, 0.3) is 0 Å². The molecule has 0 bridgehead atoms. The topological polar surface area (TPSA) is 92.2 Å². The van der Waals surface area contributed by atoms with E-state index in [9.17, 15) is 0 Å². The predicted octanol–water partition coefficient (Wildman–Crippen LogP) is -2.69. The van der Waals surface area contributed by atoms with Crippen LogP contribution in [0, 0.1) is 0 Å². The number of hydrogen-bond acceptors (Lipinski definition) is 4. The number of hydrogen-bond donors (Lipinski definition) is 0. The third-order valence-electron chi connectivity index (χ3n) is 0. The summed E-state index contributed by atoms with van der Waals surface area (Å²) in [4.78, 5) is 0. The molecular formula is C8H22MgO4Zr. The Bertz CT molecular complexity index is 38.0. The molecular weight excluding hydrogens is 276 g/mol. The van der Waals surface area contributed by atoms with Gasteiger partial charge in [0, 0.05) is 0 Å². The molecule has 0 heterocycles. The molecule has 0 radical (unpaired) electrons. The van der Waals surface area contributed by atoms with Crippen LogP contribution in [-0.4, -0.2) is 49.5 Å². The van der Waals surface area contributed by atoms with E-state index in [0.717, 1.165) is 0 Å². The summed E-state index contributed by atoms with van der Waals surface area (Å²) in [6.07, 6.45) is 0. The van der Waals surface area contributed by atoms with Crippen LogP contribution in [0.1, 0.15) is 30.5 Å². The normalized spacial score (nSPS) is 5.14. The molecule has 0 unspecified atom stereocenters. The summed E-state index contributed by atoms with van der Waals surface area (Å²) >= 11 is 0. The average molecular weight is 298 g/mol. The Morgan fingerprint density at radius 1 is 0.643 bits per heavy atom. The molecule has 0 aromatic rings. The second kappa shape index (κ2) is 87.5. The van der Waals surface area contributed by atoms with Gasteiger partial charge in [0.1, 0.15) is 0 Å².